The maximum Gasteiger partial charge on any atom is 0.255 e. The average molecular weight is 547 g/mol. The monoisotopic (exact) mass is 546 g/mol. The summed E-state index contributed by atoms with van der Waals surface area (Å²) in [5, 5.41) is 45.0. The lowest BCUT2D eigenvalue weighted by Crippen LogP contribution is -2.65. The van der Waals surface area contributed by atoms with Crippen molar-refractivity contribution in [2.75, 3.05) is 21.2 Å². The van der Waals surface area contributed by atoms with E-state index in [4.69, 9.17) is 10.5 Å². The first-order chi connectivity index (χ1) is 18.9. The van der Waals surface area contributed by atoms with Gasteiger partial charge >= 0.3 is 0 Å². The zero-order valence-electron chi connectivity index (χ0n) is 22.3. The van der Waals surface area contributed by atoms with Crippen molar-refractivity contribution in [2.45, 2.75) is 24.5 Å². The number of aromatic hydroxyl groups is 1. The number of rotatable bonds is 5. The molecule has 4 unspecified atom stereocenters. The van der Waals surface area contributed by atoms with Gasteiger partial charge in [0.05, 0.1) is 18.7 Å². The highest BCUT2D eigenvalue weighted by molar-refractivity contribution is 6.24. The molecular weight excluding hydrogens is 516 g/mol. The third kappa shape index (κ3) is 3.60. The van der Waals surface area contributed by atoms with Gasteiger partial charge in [-0.1, -0.05) is 24.8 Å². The molecule has 208 valence electrons. The highest BCUT2D eigenvalue weighted by Gasteiger charge is 2.64. The molecule has 0 saturated heterocycles. The number of hydrogen-bond acceptors (Lipinski definition) is 9. The first kappa shape index (κ1) is 27.2. The Kier molecular flexibility index (Phi) is 6.35. The van der Waals surface area contributed by atoms with Crippen LogP contribution in [0.25, 0.3) is 23.0 Å². The summed E-state index contributed by atoms with van der Waals surface area (Å²) in [5.41, 5.74) is 4.34. The van der Waals surface area contributed by atoms with Crippen molar-refractivity contribution < 1.29 is 39.5 Å². The summed E-state index contributed by atoms with van der Waals surface area (Å²) < 4.78 is 5.58. The number of nitrogens with zero attached hydrogens (tertiary/aromatic N) is 1. The number of amides is 1. The number of benzene rings is 2. The largest absolute Gasteiger partial charge is 0.508 e. The summed E-state index contributed by atoms with van der Waals surface area (Å²) in [7, 11) is 4.64. The van der Waals surface area contributed by atoms with Crippen molar-refractivity contribution >= 4 is 29.3 Å². The first-order valence-electron chi connectivity index (χ1n) is 12.7. The van der Waals surface area contributed by atoms with Gasteiger partial charge in [0.15, 0.2) is 11.4 Å². The molecule has 0 bridgehead atoms. The van der Waals surface area contributed by atoms with E-state index in [9.17, 15) is 34.8 Å². The molecule has 0 radical (unpaired) electrons. The van der Waals surface area contributed by atoms with Gasteiger partial charge in [0, 0.05) is 17.1 Å². The number of primary amides is 1. The second-order valence-corrected chi connectivity index (χ2v) is 10.6. The van der Waals surface area contributed by atoms with E-state index in [2.05, 4.69) is 6.58 Å². The molecule has 3 aliphatic carbocycles. The van der Waals surface area contributed by atoms with Crippen LogP contribution in [0.15, 0.2) is 53.8 Å². The van der Waals surface area contributed by atoms with Crippen molar-refractivity contribution in [3.05, 3.63) is 70.5 Å². The number of phenols is 1. The van der Waals surface area contributed by atoms with Crippen LogP contribution in [0.3, 0.4) is 0 Å². The molecule has 0 aromatic heterocycles. The minimum atomic E-state index is -2.68. The van der Waals surface area contributed by atoms with Gasteiger partial charge in [0.2, 0.25) is 5.78 Å². The molecule has 10 heteroatoms. The SMILES string of the molecule is C=Cc1ccc(OC)c(-c2ccc(O)c3c2CC2CC4C(N(C)C)C(=O)C(C(N)=O)=C(O)C4(O)C(=O)C2=C3O)c1. The van der Waals surface area contributed by atoms with E-state index in [1.807, 2.05) is 12.1 Å². The number of hydrogen-bond donors (Lipinski definition) is 5. The van der Waals surface area contributed by atoms with E-state index < -0.39 is 58.0 Å². The van der Waals surface area contributed by atoms with Crippen molar-refractivity contribution in [3.63, 3.8) is 0 Å². The van der Waals surface area contributed by atoms with Crippen molar-refractivity contribution in [1.29, 1.82) is 0 Å². The predicted molar refractivity (Wildman–Crippen MR) is 146 cm³/mol. The average Bonchev–Trinajstić information content (AvgIpc) is 2.90. The van der Waals surface area contributed by atoms with Crippen molar-refractivity contribution in [1.82, 2.24) is 4.90 Å². The van der Waals surface area contributed by atoms with Gasteiger partial charge in [-0.15, -0.1) is 0 Å². The minimum Gasteiger partial charge on any atom is -0.508 e. The lowest BCUT2D eigenvalue weighted by atomic mass is 9.57. The molecule has 2 aromatic rings. The van der Waals surface area contributed by atoms with E-state index >= 15 is 0 Å². The van der Waals surface area contributed by atoms with Gasteiger partial charge in [0.1, 0.15) is 28.6 Å². The Bertz CT molecular complexity index is 1570. The van der Waals surface area contributed by atoms with Crippen LogP contribution in [0, 0.1) is 11.8 Å². The molecule has 0 spiro atoms. The molecule has 0 heterocycles. The number of methoxy groups -OCH3 is 1. The summed E-state index contributed by atoms with van der Waals surface area (Å²) in [5.74, 6) is -6.36. The Hall–Kier alpha value is -4.41. The van der Waals surface area contributed by atoms with Gasteiger partial charge < -0.3 is 30.9 Å². The minimum absolute atomic E-state index is 0.00465. The Morgan fingerprint density at radius 1 is 1.15 bits per heavy atom. The number of carbonyl (C=O) groups is 3. The number of phenolic OH excluding ortho intramolecular Hbond substituents is 1. The molecule has 1 fully saturated rings. The number of ether oxygens (including phenoxy) is 1. The molecule has 2 aromatic carbocycles. The van der Waals surface area contributed by atoms with Gasteiger partial charge in [-0.2, -0.15) is 0 Å². The van der Waals surface area contributed by atoms with E-state index in [0.717, 1.165) is 5.56 Å². The lowest BCUT2D eigenvalue weighted by molar-refractivity contribution is -0.153. The highest BCUT2D eigenvalue weighted by Crippen LogP contribution is 2.54. The molecule has 3 aliphatic rings. The predicted octanol–water partition coefficient (Wildman–Crippen LogP) is 2.28. The smallest absolute Gasteiger partial charge is 0.255 e. The number of aliphatic hydroxyl groups is 3. The molecule has 5 rings (SSSR count). The Morgan fingerprint density at radius 3 is 2.45 bits per heavy atom. The lowest BCUT2D eigenvalue weighted by Gasteiger charge is -2.50. The third-order valence-electron chi connectivity index (χ3n) is 8.35. The van der Waals surface area contributed by atoms with E-state index in [1.54, 1.807) is 32.3 Å². The molecule has 0 aliphatic heterocycles. The van der Waals surface area contributed by atoms with Crippen molar-refractivity contribution in [3.8, 4) is 22.6 Å². The van der Waals surface area contributed by atoms with Gasteiger partial charge in [-0.25, -0.2) is 0 Å². The van der Waals surface area contributed by atoms with Crippen LogP contribution in [0.4, 0.5) is 0 Å². The van der Waals surface area contributed by atoms with E-state index in [1.165, 1.54) is 18.1 Å². The van der Waals surface area contributed by atoms with Gasteiger partial charge in [-0.05, 0) is 67.7 Å². The second-order valence-electron chi connectivity index (χ2n) is 10.6. The summed E-state index contributed by atoms with van der Waals surface area (Å²) in [6.07, 6.45) is 1.85. The maximum absolute atomic E-state index is 14.0. The number of ketones is 2. The second kappa shape index (κ2) is 9.35. The normalized spacial score (nSPS) is 25.9. The third-order valence-corrected chi connectivity index (χ3v) is 8.35. The van der Waals surface area contributed by atoms with Crippen LogP contribution in [0.1, 0.15) is 23.1 Å². The topological polar surface area (TPSA) is 171 Å². The van der Waals surface area contributed by atoms with Gasteiger partial charge in [-0.3, -0.25) is 19.3 Å². The van der Waals surface area contributed by atoms with Crippen LogP contribution < -0.4 is 10.5 Å². The fourth-order valence-corrected chi connectivity index (χ4v) is 6.56. The van der Waals surface area contributed by atoms with Gasteiger partial charge in [0.25, 0.3) is 5.91 Å². The molecular formula is C30H30N2O8. The number of nitrogens with two attached hydrogens (primary N) is 1. The highest BCUT2D eigenvalue weighted by atomic mass is 16.5. The molecule has 4 atom stereocenters. The van der Waals surface area contributed by atoms with Crippen LogP contribution in [0.2, 0.25) is 0 Å². The van der Waals surface area contributed by atoms with E-state index in [-0.39, 0.29) is 29.7 Å². The fourth-order valence-electron chi connectivity index (χ4n) is 6.56. The summed E-state index contributed by atoms with van der Waals surface area (Å²) in [4.78, 5) is 40.8. The van der Waals surface area contributed by atoms with E-state index in [0.29, 0.717) is 22.4 Å². The zero-order chi connectivity index (χ0) is 29.3. The number of aliphatic hydroxyl groups excluding tert-OH is 2. The molecule has 1 amide bonds. The maximum atomic E-state index is 14.0. The number of likely N-dealkylation sites (N-methyl/N-ethyl adjacent to an activating group) is 1. The number of carbonyl (C=O) groups excluding carboxylic acids is 3. The van der Waals surface area contributed by atoms with Crippen LogP contribution >= 0.6 is 0 Å². The molecule has 6 N–H and O–H groups in total. The summed E-state index contributed by atoms with van der Waals surface area (Å²) in [6.45, 7) is 3.82. The van der Waals surface area contributed by atoms with Crippen molar-refractivity contribution in [2.24, 2.45) is 17.6 Å². The number of fused-ring (bicyclic) bond motifs is 3. The Balaban J connectivity index is 1.76. The zero-order valence-corrected chi connectivity index (χ0v) is 22.3. The first-order valence-corrected chi connectivity index (χ1v) is 12.7. The quantitative estimate of drug-likeness (QED) is 0.353. The van der Waals surface area contributed by atoms with Crippen LogP contribution in [-0.4, -0.2) is 75.6 Å². The Labute approximate surface area is 230 Å². The fraction of sp³-hybridized carbons (Fsp3) is 0.300. The molecule has 40 heavy (non-hydrogen) atoms. The summed E-state index contributed by atoms with van der Waals surface area (Å²) >= 11 is 0. The molecule has 1 saturated carbocycles. The standard InChI is InChI=1S/C30H30N2O8/c1-5-13-6-9-20(40-4)16(10-13)15-7-8-19(33)22-17(15)11-14-12-18-24(32(2)3)26(35)23(29(31)38)28(37)30(18,39)27(36)21(14)25(22)34/h5-10,14,18,24,33-34,37,39H,1,11-12H2,2-4H3,(H2,31,38). The van der Waals surface area contributed by atoms with Crippen LogP contribution in [-0.2, 0) is 20.8 Å². The van der Waals surface area contributed by atoms with Crippen LogP contribution in [0.5, 0.6) is 11.5 Å². The Morgan fingerprint density at radius 2 is 1.85 bits per heavy atom. The molecule has 10 nitrogen and oxygen atoms in total. The number of Topliss-reactive ketones (excluding diaryl/α,β-unsaturated/α-hetero) is 2. The summed E-state index contributed by atoms with van der Waals surface area (Å²) in [6, 6.07) is 7.40.